The molecule has 0 aliphatic carbocycles. The summed E-state index contributed by atoms with van der Waals surface area (Å²) in [6.07, 6.45) is 1.12. The number of rotatable bonds is 5. The average Bonchev–Trinajstić information content (AvgIpc) is 2.61. The van der Waals surface area contributed by atoms with Gasteiger partial charge in [-0.25, -0.2) is 0 Å². The van der Waals surface area contributed by atoms with Crippen LogP contribution < -0.4 is 0 Å². The third kappa shape index (κ3) is 3.76. The quantitative estimate of drug-likeness (QED) is 0.496. The molecule has 0 N–H and O–H groups in total. The second-order valence-electron chi connectivity index (χ2n) is 6.87. The van der Waals surface area contributed by atoms with Crippen LogP contribution in [0.1, 0.15) is 53.0 Å². The molecule has 122 valence electrons. The van der Waals surface area contributed by atoms with Gasteiger partial charge >= 0.3 is 0 Å². The summed E-state index contributed by atoms with van der Waals surface area (Å²) in [5.74, 6) is 0.958. The predicted octanol–water partition coefficient (Wildman–Crippen LogP) is 6.63. The molecule has 0 aliphatic rings. The second-order valence-corrected chi connectivity index (χ2v) is 6.87. The van der Waals surface area contributed by atoms with Crippen LogP contribution in [-0.2, 0) is 0 Å². The first kappa shape index (κ1) is 16.5. The topological polar surface area (TPSA) is 0 Å². The fraction of sp³-hybridized carbons (Fsp3) is 0.250. The van der Waals surface area contributed by atoms with Gasteiger partial charge in [0.25, 0.3) is 0 Å². The van der Waals surface area contributed by atoms with E-state index in [1.165, 1.54) is 27.8 Å². The largest absolute Gasteiger partial charge is 0.0622 e. The summed E-state index contributed by atoms with van der Waals surface area (Å²) in [5, 5.41) is 0. The SMILES string of the molecule is Cc1ccc(C(CC(C)c2ccccc2)c2ccccc2)c(C)c1. The molecule has 0 spiro atoms. The van der Waals surface area contributed by atoms with Crippen molar-refractivity contribution in [2.75, 3.05) is 0 Å². The monoisotopic (exact) mass is 314 g/mol. The Labute approximate surface area is 146 Å². The molecular formula is C24H26. The summed E-state index contributed by atoms with van der Waals surface area (Å²) in [4.78, 5) is 0. The van der Waals surface area contributed by atoms with Crippen LogP contribution in [0.4, 0.5) is 0 Å². The van der Waals surface area contributed by atoms with Crippen LogP contribution in [0.25, 0.3) is 0 Å². The lowest BCUT2D eigenvalue weighted by molar-refractivity contribution is 0.615. The molecule has 3 aromatic carbocycles. The van der Waals surface area contributed by atoms with Gasteiger partial charge in [0, 0.05) is 5.92 Å². The lowest BCUT2D eigenvalue weighted by Gasteiger charge is -2.24. The van der Waals surface area contributed by atoms with E-state index in [2.05, 4.69) is 99.6 Å². The molecule has 0 saturated heterocycles. The highest BCUT2D eigenvalue weighted by Crippen LogP contribution is 2.36. The third-order valence-electron chi connectivity index (χ3n) is 4.96. The Bertz CT molecular complexity index is 772. The van der Waals surface area contributed by atoms with Gasteiger partial charge < -0.3 is 0 Å². The maximum atomic E-state index is 2.34. The highest BCUT2D eigenvalue weighted by atomic mass is 14.2. The van der Waals surface area contributed by atoms with E-state index in [1.54, 1.807) is 0 Å². The van der Waals surface area contributed by atoms with E-state index < -0.39 is 0 Å². The number of aryl methyl sites for hydroxylation is 2. The van der Waals surface area contributed by atoms with Gasteiger partial charge in [0.1, 0.15) is 0 Å². The van der Waals surface area contributed by atoms with Gasteiger partial charge in [0.05, 0.1) is 0 Å². The Kier molecular flexibility index (Phi) is 5.15. The maximum absolute atomic E-state index is 2.34. The molecule has 0 heterocycles. The highest BCUT2D eigenvalue weighted by molar-refractivity contribution is 5.40. The average molecular weight is 314 g/mol. The van der Waals surface area contributed by atoms with Crippen LogP contribution in [0, 0.1) is 13.8 Å². The van der Waals surface area contributed by atoms with Gasteiger partial charge in [0.15, 0.2) is 0 Å². The van der Waals surface area contributed by atoms with E-state index >= 15 is 0 Å². The summed E-state index contributed by atoms with van der Waals surface area (Å²) in [6.45, 7) is 6.75. The molecule has 0 amide bonds. The fourth-order valence-corrected chi connectivity index (χ4v) is 3.62. The third-order valence-corrected chi connectivity index (χ3v) is 4.96. The van der Waals surface area contributed by atoms with Crippen LogP contribution in [0.2, 0.25) is 0 Å². The van der Waals surface area contributed by atoms with Crippen LogP contribution >= 0.6 is 0 Å². The minimum absolute atomic E-state index is 0.432. The molecule has 2 atom stereocenters. The molecule has 0 nitrogen and oxygen atoms in total. The highest BCUT2D eigenvalue weighted by Gasteiger charge is 2.20. The zero-order valence-corrected chi connectivity index (χ0v) is 14.9. The smallest absolute Gasteiger partial charge is 0.00976 e. The maximum Gasteiger partial charge on any atom is 0.00976 e. The van der Waals surface area contributed by atoms with Crippen molar-refractivity contribution in [3.63, 3.8) is 0 Å². The number of hydrogen-bond acceptors (Lipinski definition) is 0. The molecule has 3 rings (SSSR count). The molecule has 2 unspecified atom stereocenters. The van der Waals surface area contributed by atoms with E-state index in [1.807, 2.05) is 0 Å². The van der Waals surface area contributed by atoms with Gasteiger partial charge in [-0.05, 0) is 48.4 Å². The van der Waals surface area contributed by atoms with Gasteiger partial charge in [-0.15, -0.1) is 0 Å². The van der Waals surface area contributed by atoms with Crippen LogP contribution in [0.15, 0.2) is 78.9 Å². The summed E-state index contributed by atoms with van der Waals surface area (Å²) in [7, 11) is 0. The molecule has 3 aromatic rings. The molecule has 0 bridgehead atoms. The van der Waals surface area contributed by atoms with Gasteiger partial charge in [0.2, 0.25) is 0 Å². The van der Waals surface area contributed by atoms with Gasteiger partial charge in [-0.3, -0.25) is 0 Å². The van der Waals surface area contributed by atoms with Crippen molar-refractivity contribution in [3.05, 3.63) is 107 Å². The van der Waals surface area contributed by atoms with Crippen LogP contribution in [0.3, 0.4) is 0 Å². The minimum atomic E-state index is 0.432. The first-order valence-corrected chi connectivity index (χ1v) is 8.82. The standard InChI is InChI=1S/C24H26/c1-18-14-15-23(20(3)16-18)24(22-12-8-5-9-13-22)17-19(2)21-10-6-4-7-11-21/h4-16,19,24H,17H2,1-3H3. The Balaban J connectivity index is 1.97. The Morgan fingerprint density at radius 3 is 1.88 bits per heavy atom. The second kappa shape index (κ2) is 7.49. The zero-order valence-electron chi connectivity index (χ0n) is 14.9. The lowest BCUT2D eigenvalue weighted by Crippen LogP contribution is -2.08. The van der Waals surface area contributed by atoms with E-state index in [4.69, 9.17) is 0 Å². The first-order chi connectivity index (χ1) is 11.6. The van der Waals surface area contributed by atoms with Gasteiger partial charge in [-0.1, -0.05) is 91.3 Å². The van der Waals surface area contributed by atoms with Crippen LogP contribution in [0.5, 0.6) is 0 Å². The first-order valence-electron chi connectivity index (χ1n) is 8.82. The van der Waals surface area contributed by atoms with Crippen molar-refractivity contribution >= 4 is 0 Å². The van der Waals surface area contributed by atoms with E-state index in [0.717, 1.165) is 6.42 Å². The fourth-order valence-electron chi connectivity index (χ4n) is 3.62. The van der Waals surface area contributed by atoms with Crippen LogP contribution in [-0.4, -0.2) is 0 Å². The number of benzene rings is 3. The molecule has 0 radical (unpaired) electrons. The van der Waals surface area contributed by atoms with Crippen molar-refractivity contribution in [2.24, 2.45) is 0 Å². The number of hydrogen-bond donors (Lipinski definition) is 0. The lowest BCUT2D eigenvalue weighted by atomic mass is 9.80. The molecule has 0 heteroatoms. The van der Waals surface area contributed by atoms with Crippen molar-refractivity contribution < 1.29 is 0 Å². The van der Waals surface area contributed by atoms with E-state index in [-0.39, 0.29) is 0 Å². The molecule has 0 fully saturated rings. The Morgan fingerprint density at radius 1 is 0.708 bits per heavy atom. The Hall–Kier alpha value is -2.34. The molecule has 0 aliphatic heterocycles. The van der Waals surface area contributed by atoms with Crippen molar-refractivity contribution in [3.8, 4) is 0 Å². The normalized spacial score (nSPS) is 13.5. The summed E-state index contributed by atoms with van der Waals surface area (Å²) < 4.78 is 0. The molecule has 0 saturated carbocycles. The summed E-state index contributed by atoms with van der Waals surface area (Å²) in [5.41, 5.74) is 7.01. The molecular weight excluding hydrogens is 288 g/mol. The Morgan fingerprint density at radius 2 is 1.29 bits per heavy atom. The van der Waals surface area contributed by atoms with E-state index in [0.29, 0.717) is 11.8 Å². The van der Waals surface area contributed by atoms with E-state index in [9.17, 15) is 0 Å². The summed E-state index contributed by atoms with van der Waals surface area (Å²) >= 11 is 0. The molecule has 24 heavy (non-hydrogen) atoms. The molecule has 0 aromatic heterocycles. The van der Waals surface area contributed by atoms with Crippen molar-refractivity contribution in [1.29, 1.82) is 0 Å². The predicted molar refractivity (Wildman–Crippen MR) is 104 cm³/mol. The zero-order chi connectivity index (χ0) is 16.9. The van der Waals surface area contributed by atoms with Gasteiger partial charge in [-0.2, -0.15) is 0 Å². The summed E-state index contributed by atoms with van der Waals surface area (Å²) in [6, 6.07) is 28.7. The minimum Gasteiger partial charge on any atom is -0.0622 e. The van der Waals surface area contributed by atoms with Crippen molar-refractivity contribution in [1.82, 2.24) is 0 Å². The van der Waals surface area contributed by atoms with Crippen molar-refractivity contribution in [2.45, 2.75) is 39.0 Å².